The maximum atomic E-state index is 12.1. The molecule has 0 aliphatic carbocycles. The molecule has 136 valence electrons. The van der Waals surface area contributed by atoms with Crippen molar-refractivity contribution in [1.82, 2.24) is 10.2 Å². The molecule has 0 aromatic heterocycles. The number of nitrogens with zero attached hydrogens (tertiary/aromatic N) is 1. The van der Waals surface area contributed by atoms with Gasteiger partial charge >= 0.3 is 0 Å². The number of ether oxygens (including phenoxy) is 1. The third kappa shape index (κ3) is 6.21. The van der Waals surface area contributed by atoms with E-state index < -0.39 is 0 Å². The van der Waals surface area contributed by atoms with Crippen molar-refractivity contribution in [2.45, 2.75) is 38.5 Å². The molecule has 2 amide bonds. The molecule has 25 heavy (non-hydrogen) atoms. The summed E-state index contributed by atoms with van der Waals surface area (Å²) in [4.78, 5) is 37.7. The van der Waals surface area contributed by atoms with Crippen LogP contribution in [0.1, 0.15) is 48.9 Å². The van der Waals surface area contributed by atoms with E-state index in [1.165, 1.54) is 6.42 Å². The van der Waals surface area contributed by atoms with Gasteiger partial charge in [0.2, 0.25) is 11.8 Å². The quantitative estimate of drug-likeness (QED) is 0.732. The van der Waals surface area contributed by atoms with Crippen LogP contribution in [0.2, 0.25) is 0 Å². The second-order valence-corrected chi connectivity index (χ2v) is 6.22. The van der Waals surface area contributed by atoms with E-state index in [-0.39, 0.29) is 30.6 Å². The largest absolute Gasteiger partial charge is 0.497 e. The van der Waals surface area contributed by atoms with Crippen molar-refractivity contribution in [1.29, 1.82) is 0 Å². The van der Waals surface area contributed by atoms with Gasteiger partial charge in [-0.25, -0.2) is 0 Å². The van der Waals surface area contributed by atoms with Crippen LogP contribution in [0, 0.1) is 0 Å². The Hall–Kier alpha value is -2.37. The Kier molecular flexibility index (Phi) is 7.44. The summed E-state index contributed by atoms with van der Waals surface area (Å²) in [7, 11) is 1.57. The molecule has 1 aromatic rings. The zero-order valence-corrected chi connectivity index (χ0v) is 14.8. The molecule has 1 fully saturated rings. The molecular weight excluding hydrogens is 320 g/mol. The summed E-state index contributed by atoms with van der Waals surface area (Å²) < 4.78 is 5.06. The minimum absolute atomic E-state index is 0.000142. The summed E-state index contributed by atoms with van der Waals surface area (Å²) in [6.45, 7) is 1.61. The summed E-state index contributed by atoms with van der Waals surface area (Å²) >= 11 is 0. The van der Waals surface area contributed by atoms with Gasteiger partial charge in [-0.05, 0) is 49.9 Å². The fourth-order valence-electron chi connectivity index (χ4n) is 2.85. The molecule has 0 saturated carbocycles. The van der Waals surface area contributed by atoms with E-state index in [1.54, 1.807) is 36.3 Å². The van der Waals surface area contributed by atoms with Gasteiger partial charge in [-0.1, -0.05) is 0 Å². The molecule has 0 spiro atoms. The number of Topliss-reactive ketones (excluding diaryl/α,β-unsaturated/α-hetero) is 1. The number of amides is 2. The second kappa shape index (κ2) is 9.81. The third-order valence-corrected chi connectivity index (χ3v) is 4.37. The molecule has 0 radical (unpaired) electrons. The molecule has 2 rings (SSSR count). The van der Waals surface area contributed by atoms with Crippen LogP contribution in [-0.2, 0) is 9.59 Å². The van der Waals surface area contributed by atoms with E-state index in [4.69, 9.17) is 4.74 Å². The van der Waals surface area contributed by atoms with Crippen molar-refractivity contribution in [3.8, 4) is 5.75 Å². The Morgan fingerprint density at radius 2 is 1.72 bits per heavy atom. The molecular formula is C19H26N2O4. The third-order valence-electron chi connectivity index (χ3n) is 4.37. The van der Waals surface area contributed by atoms with E-state index in [9.17, 15) is 14.4 Å². The van der Waals surface area contributed by atoms with Gasteiger partial charge in [0.15, 0.2) is 5.78 Å². The highest BCUT2D eigenvalue weighted by Gasteiger charge is 2.16. The summed E-state index contributed by atoms with van der Waals surface area (Å²) in [5.41, 5.74) is 0.612. The summed E-state index contributed by atoms with van der Waals surface area (Å²) in [6.07, 6.45) is 4.25. The topological polar surface area (TPSA) is 75.7 Å². The number of benzene rings is 1. The summed E-state index contributed by atoms with van der Waals surface area (Å²) in [5, 5.41) is 2.65. The predicted molar refractivity (Wildman–Crippen MR) is 94.6 cm³/mol. The number of hydrogen-bond donors (Lipinski definition) is 1. The lowest BCUT2D eigenvalue weighted by Crippen LogP contribution is -2.42. The maximum Gasteiger partial charge on any atom is 0.241 e. The molecule has 0 bridgehead atoms. The highest BCUT2D eigenvalue weighted by atomic mass is 16.5. The first kappa shape index (κ1) is 19.0. The Bertz CT molecular complexity index is 592. The number of piperidine rings is 1. The molecule has 0 atom stereocenters. The van der Waals surface area contributed by atoms with Crippen molar-refractivity contribution in [2.24, 2.45) is 0 Å². The number of carbonyl (C=O) groups excluding carboxylic acids is 3. The van der Waals surface area contributed by atoms with E-state index >= 15 is 0 Å². The number of ketones is 1. The van der Waals surface area contributed by atoms with Crippen LogP contribution in [0.4, 0.5) is 0 Å². The first-order valence-electron chi connectivity index (χ1n) is 8.82. The van der Waals surface area contributed by atoms with Crippen LogP contribution >= 0.6 is 0 Å². The van der Waals surface area contributed by atoms with Gasteiger partial charge in [0.1, 0.15) is 5.75 Å². The Labute approximate surface area is 148 Å². The molecule has 0 unspecified atom stereocenters. The lowest BCUT2D eigenvalue weighted by atomic mass is 10.1. The molecule has 6 heteroatoms. The standard InChI is InChI=1S/C19H26N2O4/c1-25-16-10-8-15(9-11-16)17(22)6-5-7-18(23)20-14-19(24)21-12-3-2-4-13-21/h8-11H,2-7,12-14H2,1H3,(H,20,23). The zero-order chi connectivity index (χ0) is 18.1. The van der Waals surface area contributed by atoms with Crippen LogP contribution in [0.5, 0.6) is 5.75 Å². The molecule has 1 aromatic carbocycles. The lowest BCUT2D eigenvalue weighted by molar-refractivity contribution is -0.133. The number of likely N-dealkylation sites (tertiary alicyclic amines) is 1. The van der Waals surface area contributed by atoms with Crippen molar-refractivity contribution >= 4 is 17.6 Å². The number of hydrogen-bond acceptors (Lipinski definition) is 4. The van der Waals surface area contributed by atoms with E-state index in [2.05, 4.69) is 5.32 Å². The van der Waals surface area contributed by atoms with Gasteiger partial charge in [0.05, 0.1) is 13.7 Å². The lowest BCUT2D eigenvalue weighted by Gasteiger charge is -2.26. The first-order valence-corrected chi connectivity index (χ1v) is 8.82. The van der Waals surface area contributed by atoms with Crippen molar-refractivity contribution in [2.75, 3.05) is 26.7 Å². The Morgan fingerprint density at radius 1 is 1.04 bits per heavy atom. The highest BCUT2D eigenvalue weighted by Crippen LogP contribution is 2.14. The second-order valence-electron chi connectivity index (χ2n) is 6.22. The van der Waals surface area contributed by atoms with Crippen LogP contribution in [0.25, 0.3) is 0 Å². The highest BCUT2D eigenvalue weighted by molar-refractivity contribution is 5.96. The number of nitrogens with one attached hydrogen (secondary N) is 1. The predicted octanol–water partition coefficient (Wildman–Crippen LogP) is 2.18. The van der Waals surface area contributed by atoms with Crippen LogP contribution in [0.3, 0.4) is 0 Å². The fourth-order valence-corrected chi connectivity index (χ4v) is 2.85. The molecule has 1 aliphatic heterocycles. The average molecular weight is 346 g/mol. The smallest absolute Gasteiger partial charge is 0.241 e. The zero-order valence-electron chi connectivity index (χ0n) is 14.8. The van der Waals surface area contributed by atoms with Crippen molar-refractivity contribution in [3.05, 3.63) is 29.8 Å². The molecule has 1 aliphatic rings. The minimum atomic E-state index is -0.187. The molecule has 6 nitrogen and oxygen atoms in total. The van der Waals surface area contributed by atoms with Gasteiger partial charge in [0.25, 0.3) is 0 Å². The van der Waals surface area contributed by atoms with Gasteiger partial charge < -0.3 is 15.0 Å². The van der Waals surface area contributed by atoms with Gasteiger partial charge in [-0.3, -0.25) is 14.4 Å². The normalized spacial score (nSPS) is 14.0. The van der Waals surface area contributed by atoms with Gasteiger partial charge in [0, 0.05) is 31.5 Å². The van der Waals surface area contributed by atoms with Crippen LogP contribution < -0.4 is 10.1 Å². The Morgan fingerprint density at radius 3 is 2.36 bits per heavy atom. The molecule has 1 heterocycles. The number of rotatable bonds is 8. The van der Waals surface area contributed by atoms with Crippen molar-refractivity contribution < 1.29 is 19.1 Å². The summed E-state index contributed by atoms with van der Waals surface area (Å²) in [6, 6.07) is 6.93. The number of methoxy groups -OCH3 is 1. The monoisotopic (exact) mass is 346 g/mol. The van der Waals surface area contributed by atoms with Gasteiger partial charge in [-0.2, -0.15) is 0 Å². The minimum Gasteiger partial charge on any atom is -0.497 e. The summed E-state index contributed by atoms with van der Waals surface area (Å²) in [5.74, 6) is 0.490. The van der Waals surface area contributed by atoms with E-state index in [0.29, 0.717) is 24.2 Å². The average Bonchev–Trinajstić information content (AvgIpc) is 2.66. The maximum absolute atomic E-state index is 12.1. The Balaban J connectivity index is 1.64. The van der Waals surface area contributed by atoms with E-state index in [0.717, 1.165) is 25.9 Å². The molecule has 1 N–H and O–H groups in total. The van der Waals surface area contributed by atoms with Crippen LogP contribution in [0.15, 0.2) is 24.3 Å². The first-order chi connectivity index (χ1) is 12.1. The fraction of sp³-hybridized carbons (Fsp3) is 0.526. The van der Waals surface area contributed by atoms with Crippen molar-refractivity contribution in [3.63, 3.8) is 0 Å². The SMILES string of the molecule is COc1ccc(C(=O)CCCC(=O)NCC(=O)N2CCCCC2)cc1. The number of carbonyl (C=O) groups is 3. The van der Waals surface area contributed by atoms with Gasteiger partial charge in [-0.15, -0.1) is 0 Å². The van der Waals surface area contributed by atoms with Crippen LogP contribution in [-0.4, -0.2) is 49.2 Å². The van der Waals surface area contributed by atoms with E-state index in [1.807, 2.05) is 0 Å². The molecule has 1 saturated heterocycles.